The van der Waals surface area contributed by atoms with Gasteiger partial charge in [-0.3, -0.25) is 0 Å². The number of sulfone groups is 2. The van der Waals surface area contributed by atoms with E-state index < -0.39 is 25.4 Å². The largest absolute Gasteiger partial charge is 0.506 e. The summed E-state index contributed by atoms with van der Waals surface area (Å²) in [6.45, 7) is 7.30. The number of phenolic OH excluding ortho intramolecular Hbond substituents is 2. The van der Waals surface area contributed by atoms with Crippen LogP contribution in [0.4, 0.5) is 28.4 Å². The smallest absolute Gasteiger partial charge is 0.201 e. The van der Waals surface area contributed by atoms with Gasteiger partial charge in [0.2, 0.25) is 9.84 Å². The fraction of sp³-hybridized carbons (Fsp3) is 0.172. The van der Waals surface area contributed by atoms with Gasteiger partial charge in [0.1, 0.15) is 39.1 Å². The first-order chi connectivity index (χ1) is 20.5. The SMILES string of the molecule is C=CS(=O)(=O)c1ccccc1N=Nc1c(NCC)ccc2c(O)c(N=Nc3cc(OC)c(S(=O)(=O)CC)cc3O)ccc12. The Morgan fingerprint density at radius 2 is 1.51 bits per heavy atom. The first kappa shape index (κ1) is 31.1. The number of fused-ring (bicyclic) bond motifs is 1. The number of ether oxygens (including phenoxy) is 1. The second kappa shape index (κ2) is 12.6. The van der Waals surface area contributed by atoms with E-state index in [9.17, 15) is 27.0 Å². The van der Waals surface area contributed by atoms with Gasteiger partial charge < -0.3 is 20.3 Å². The van der Waals surface area contributed by atoms with Crippen molar-refractivity contribution in [1.82, 2.24) is 0 Å². The minimum Gasteiger partial charge on any atom is -0.506 e. The van der Waals surface area contributed by atoms with E-state index in [0.717, 1.165) is 11.5 Å². The molecule has 0 saturated heterocycles. The normalized spacial score (nSPS) is 12.3. The molecule has 43 heavy (non-hydrogen) atoms. The molecule has 0 fully saturated rings. The lowest BCUT2D eigenvalue weighted by Crippen LogP contribution is -2.05. The molecule has 0 aliphatic heterocycles. The minimum absolute atomic E-state index is 0.00949. The minimum atomic E-state index is -3.78. The highest BCUT2D eigenvalue weighted by Gasteiger charge is 2.21. The number of aromatic hydroxyl groups is 2. The number of benzene rings is 4. The molecule has 12 nitrogen and oxygen atoms in total. The third-order valence-corrected chi connectivity index (χ3v) is 9.53. The molecule has 0 aromatic heterocycles. The first-order valence-electron chi connectivity index (χ1n) is 12.9. The monoisotopic (exact) mass is 623 g/mol. The molecule has 4 rings (SSSR count). The molecule has 224 valence electrons. The van der Waals surface area contributed by atoms with Crippen molar-refractivity contribution in [3.8, 4) is 17.2 Å². The van der Waals surface area contributed by atoms with Crippen molar-refractivity contribution in [1.29, 1.82) is 0 Å². The van der Waals surface area contributed by atoms with Gasteiger partial charge in [0, 0.05) is 34.9 Å². The maximum absolute atomic E-state index is 12.5. The van der Waals surface area contributed by atoms with Crippen molar-refractivity contribution in [2.24, 2.45) is 20.5 Å². The summed E-state index contributed by atoms with van der Waals surface area (Å²) in [6, 6.07) is 14.9. The quantitative estimate of drug-likeness (QED) is 0.146. The zero-order chi connectivity index (χ0) is 31.4. The van der Waals surface area contributed by atoms with Crippen LogP contribution in [0.1, 0.15) is 13.8 Å². The Hall–Kier alpha value is -4.82. The van der Waals surface area contributed by atoms with E-state index >= 15 is 0 Å². The molecule has 0 atom stereocenters. The van der Waals surface area contributed by atoms with Gasteiger partial charge in [0.25, 0.3) is 0 Å². The Morgan fingerprint density at radius 1 is 0.837 bits per heavy atom. The fourth-order valence-electron chi connectivity index (χ4n) is 4.14. The van der Waals surface area contributed by atoms with Crippen molar-refractivity contribution in [2.45, 2.75) is 23.6 Å². The number of anilines is 1. The van der Waals surface area contributed by atoms with Gasteiger partial charge in [-0.05, 0) is 43.3 Å². The third kappa shape index (κ3) is 6.34. The average Bonchev–Trinajstić information content (AvgIpc) is 3.00. The van der Waals surface area contributed by atoms with E-state index in [1.54, 1.807) is 30.3 Å². The Balaban J connectivity index is 1.80. The standard InChI is InChI=1S/C29H29N5O7S2/c1-5-30-21-14-13-19-18(28(21)34-31-20-10-8-9-11-26(20)42(37,38)6-2)12-15-22(29(19)36)32-33-23-16-25(41-4)27(17-24(23)35)43(39,40)7-3/h6,8-17,30,35-36H,2,5,7H2,1,3-4H3. The maximum atomic E-state index is 12.5. The number of phenols is 2. The van der Waals surface area contributed by atoms with Crippen LogP contribution >= 0.6 is 0 Å². The first-order valence-corrected chi connectivity index (χ1v) is 16.1. The number of nitrogens with zero attached hydrogens (tertiary/aromatic N) is 4. The summed E-state index contributed by atoms with van der Waals surface area (Å²) in [4.78, 5) is -0.227. The van der Waals surface area contributed by atoms with E-state index in [1.807, 2.05) is 6.92 Å². The van der Waals surface area contributed by atoms with Gasteiger partial charge in [-0.25, -0.2) is 16.8 Å². The number of rotatable bonds is 11. The van der Waals surface area contributed by atoms with Crippen LogP contribution in [0.3, 0.4) is 0 Å². The molecular formula is C29H29N5O7S2. The van der Waals surface area contributed by atoms with E-state index in [-0.39, 0.29) is 44.1 Å². The topological polar surface area (TPSA) is 179 Å². The zero-order valence-corrected chi connectivity index (χ0v) is 25.1. The van der Waals surface area contributed by atoms with Crippen molar-refractivity contribution >= 4 is 58.9 Å². The van der Waals surface area contributed by atoms with Gasteiger partial charge >= 0.3 is 0 Å². The number of nitrogens with one attached hydrogen (secondary N) is 1. The van der Waals surface area contributed by atoms with Gasteiger partial charge in [0.15, 0.2) is 15.6 Å². The predicted molar refractivity (Wildman–Crippen MR) is 164 cm³/mol. The number of hydrogen-bond donors (Lipinski definition) is 3. The summed E-state index contributed by atoms with van der Waals surface area (Å²) in [5.41, 5.74) is 1.04. The van der Waals surface area contributed by atoms with Crippen LogP contribution in [0.5, 0.6) is 17.2 Å². The molecule has 0 amide bonds. The summed E-state index contributed by atoms with van der Waals surface area (Å²) in [7, 11) is -6.16. The maximum Gasteiger partial charge on any atom is 0.201 e. The molecular weight excluding hydrogens is 594 g/mol. The molecule has 4 aromatic rings. The summed E-state index contributed by atoms with van der Waals surface area (Å²) in [5, 5.41) is 43.1. The molecule has 0 saturated carbocycles. The Morgan fingerprint density at radius 3 is 2.19 bits per heavy atom. The van der Waals surface area contributed by atoms with Gasteiger partial charge in [-0.15, -0.1) is 20.5 Å². The summed E-state index contributed by atoms with van der Waals surface area (Å²) in [5.74, 6) is -0.878. The molecule has 0 aliphatic carbocycles. The highest BCUT2D eigenvalue weighted by molar-refractivity contribution is 7.94. The Kier molecular flexibility index (Phi) is 9.11. The van der Waals surface area contributed by atoms with E-state index in [1.165, 1.54) is 38.3 Å². The second-order valence-corrected chi connectivity index (χ2v) is 13.1. The van der Waals surface area contributed by atoms with Crippen molar-refractivity contribution in [3.63, 3.8) is 0 Å². The third-order valence-electron chi connectivity index (χ3n) is 6.38. The number of azo groups is 2. The van der Waals surface area contributed by atoms with E-state index in [2.05, 4.69) is 32.4 Å². The molecule has 0 bridgehead atoms. The van der Waals surface area contributed by atoms with Gasteiger partial charge in [-0.2, -0.15) is 0 Å². The number of methoxy groups -OCH3 is 1. The van der Waals surface area contributed by atoms with Crippen LogP contribution in [0.25, 0.3) is 10.8 Å². The Labute approximate surface area is 248 Å². The molecule has 0 unspecified atom stereocenters. The average molecular weight is 624 g/mol. The van der Waals surface area contributed by atoms with Crippen LogP contribution in [-0.4, -0.2) is 46.5 Å². The highest BCUT2D eigenvalue weighted by Crippen LogP contribution is 2.44. The van der Waals surface area contributed by atoms with Crippen LogP contribution in [-0.2, 0) is 19.7 Å². The predicted octanol–water partition coefficient (Wildman–Crippen LogP) is 7.23. The molecule has 3 N–H and O–H groups in total. The number of hydrogen-bond acceptors (Lipinski definition) is 12. The molecule has 4 aromatic carbocycles. The molecule has 0 aliphatic rings. The lowest BCUT2D eigenvalue weighted by atomic mass is 10.1. The fourth-order valence-corrected chi connectivity index (χ4v) is 6.04. The molecule has 0 radical (unpaired) electrons. The van der Waals surface area contributed by atoms with Crippen molar-refractivity contribution in [3.05, 3.63) is 72.7 Å². The lowest BCUT2D eigenvalue weighted by Gasteiger charge is -2.12. The van der Waals surface area contributed by atoms with Gasteiger partial charge in [0.05, 0.1) is 23.4 Å². The Bertz CT molecular complexity index is 1990. The van der Waals surface area contributed by atoms with E-state index in [4.69, 9.17) is 4.74 Å². The van der Waals surface area contributed by atoms with Crippen LogP contribution in [0, 0.1) is 0 Å². The summed E-state index contributed by atoms with van der Waals surface area (Å²) < 4.78 is 54.8. The lowest BCUT2D eigenvalue weighted by molar-refractivity contribution is 0.399. The highest BCUT2D eigenvalue weighted by atomic mass is 32.2. The molecule has 14 heteroatoms. The van der Waals surface area contributed by atoms with Crippen molar-refractivity contribution in [2.75, 3.05) is 24.7 Å². The van der Waals surface area contributed by atoms with Gasteiger partial charge in [-0.1, -0.05) is 25.6 Å². The van der Waals surface area contributed by atoms with Crippen LogP contribution in [0.15, 0.2) is 103 Å². The van der Waals surface area contributed by atoms with E-state index in [0.29, 0.717) is 28.7 Å². The molecule has 0 spiro atoms. The second-order valence-electron chi connectivity index (χ2n) is 9.00. The summed E-state index contributed by atoms with van der Waals surface area (Å²) >= 11 is 0. The van der Waals surface area contributed by atoms with Crippen LogP contribution < -0.4 is 10.1 Å². The van der Waals surface area contributed by atoms with Crippen molar-refractivity contribution < 1.29 is 31.8 Å². The van der Waals surface area contributed by atoms with Crippen LogP contribution in [0.2, 0.25) is 0 Å². The molecule has 0 heterocycles. The summed E-state index contributed by atoms with van der Waals surface area (Å²) in [6.07, 6.45) is 0. The zero-order valence-electron chi connectivity index (χ0n) is 23.5.